The van der Waals surface area contributed by atoms with E-state index in [2.05, 4.69) is 62.3 Å². The van der Waals surface area contributed by atoms with Crippen molar-refractivity contribution in [2.75, 3.05) is 48.3 Å². The summed E-state index contributed by atoms with van der Waals surface area (Å²) in [5.74, 6) is 2.17. The van der Waals surface area contributed by atoms with Crippen molar-refractivity contribution in [1.82, 2.24) is 25.2 Å². The van der Waals surface area contributed by atoms with Crippen molar-refractivity contribution in [2.24, 2.45) is 5.92 Å². The van der Waals surface area contributed by atoms with E-state index in [9.17, 15) is 9.59 Å². The molecule has 6 rings (SSSR count). The van der Waals surface area contributed by atoms with Crippen LogP contribution in [0.15, 0.2) is 24.5 Å². The highest BCUT2D eigenvalue weighted by molar-refractivity contribution is 6.07. The molecule has 214 valence electrons. The smallest absolute Gasteiger partial charge is 0.243 e. The molecule has 0 radical (unpaired) electrons. The molecule has 3 aliphatic heterocycles. The molecule has 4 aliphatic rings. The molecule has 3 unspecified atom stereocenters. The van der Waals surface area contributed by atoms with Gasteiger partial charge in [0.15, 0.2) is 5.78 Å². The number of aromatic nitrogens is 3. The van der Waals surface area contributed by atoms with Crippen molar-refractivity contribution in [1.29, 1.82) is 0 Å². The zero-order valence-electron chi connectivity index (χ0n) is 24.0. The van der Waals surface area contributed by atoms with Crippen LogP contribution in [0.4, 0.5) is 23.3 Å². The molecular formula is C30H42N8O2. The van der Waals surface area contributed by atoms with Gasteiger partial charge in [0.05, 0.1) is 23.0 Å². The Morgan fingerprint density at radius 2 is 1.98 bits per heavy atom. The maximum atomic E-state index is 13.0. The number of anilines is 4. The van der Waals surface area contributed by atoms with Crippen LogP contribution < -0.4 is 20.4 Å². The zero-order chi connectivity index (χ0) is 27.9. The van der Waals surface area contributed by atoms with E-state index in [-0.39, 0.29) is 23.7 Å². The molecule has 2 aromatic rings. The summed E-state index contributed by atoms with van der Waals surface area (Å²) in [5.41, 5.74) is 1.44. The van der Waals surface area contributed by atoms with Crippen molar-refractivity contribution in [2.45, 2.75) is 82.8 Å². The maximum absolute atomic E-state index is 13.0. The molecule has 10 heteroatoms. The van der Waals surface area contributed by atoms with E-state index < -0.39 is 6.04 Å². The molecule has 2 saturated heterocycles. The van der Waals surface area contributed by atoms with Crippen LogP contribution in [0.25, 0.3) is 0 Å². The second-order valence-corrected chi connectivity index (χ2v) is 12.3. The number of likely N-dealkylation sites (N-methyl/N-ethyl adjacent to an activating group) is 1. The molecule has 0 bridgehead atoms. The summed E-state index contributed by atoms with van der Waals surface area (Å²) < 4.78 is 0. The molecule has 3 atom stereocenters. The van der Waals surface area contributed by atoms with Crippen LogP contribution >= 0.6 is 0 Å². The Balaban J connectivity index is 1.19. The van der Waals surface area contributed by atoms with E-state index in [0.717, 1.165) is 56.9 Å². The number of Topliss-reactive ketones (excluding diaryl/α,β-unsaturated/α-hetero) is 1. The fraction of sp³-hybridized carbons (Fsp3) is 0.633. The highest BCUT2D eigenvalue weighted by atomic mass is 16.2. The number of piperazine rings is 2. The van der Waals surface area contributed by atoms with Crippen molar-refractivity contribution in [3.8, 4) is 0 Å². The van der Waals surface area contributed by atoms with Crippen molar-refractivity contribution < 1.29 is 9.59 Å². The number of nitrogens with zero attached hydrogens (tertiary/aromatic N) is 6. The first-order valence-electron chi connectivity index (χ1n) is 15.0. The van der Waals surface area contributed by atoms with Crippen molar-refractivity contribution >= 4 is 35.0 Å². The topological polar surface area (TPSA) is 107 Å². The van der Waals surface area contributed by atoms with Gasteiger partial charge >= 0.3 is 0 Å². The number of rotatable bonds is 7. The highest BCUT2D eigenvalue weighted by Gasteiger charge is 2.52. The molecule has 5 heterocycles. The first-order valence-corrected chi connectivity index (χ1v) is 15.0. The summed E-state index contributed by atoms with van der Waals surface area (Å²) in [6.07, 6.45) is 11.6. The molecule has 3 fully saturated rings. The average Bonchev–Trinajstić information content (AvgIpc) is 3.42. The lowest BCUT2D eigenvalue weighted by atomic mass is 9.84. The number of nitrogens with one attached hydrogen (secondary N) is 2. The predicted octanol–water partition coefficient (Wildman–Crippen LogP) is 3.77. The number of ketones is 1. The Bertz CT molecular complexity index is 1240. The predicted molar refractivity (Wildman–Crippen MR) is 156 cm³/mol. The molecule has 1 spiro atoms. The lowest BCUT2D eigenvalue weighted by molar-refractivity contribution is -0.124. The van der Waals surface area contributed by atoms with Gasteiger partial charge < -0.3 is 20.4 Å². The van der Waals surface area contributed by atoms with E-state index >= 15 is 0 Å². The molecule has 2 N–H and O–H groups in total. The Morgan fingerprint density at radius 1 is 1.15 bits per heavy atom. The van der Waals surface area contributed by atoms with Gasteiger partial charge in [0.25, 0.3) is 0 Å². The van der Waals surface area contributed by atoms with Crippen LogP contribution in [0.3, 0.4) is 0 Å². The molecule has 1 saturated carbocycles. The van der Waals surface area contributed by atoms with Crippen LogP contribution in [-0.2, 0) is 4.79 Å². The molecule has 1 aliphatic carbocycles. The molecule has 2 aromatic heterocycles. The Kier molecular flexibility index (Phi) is 7.37. The van der Waals surface area contributed by atoms with Gasteiger partial charge in [-0.3, -0.25) is 14.5 Å². The molecular weight excluding hydrogens is 504 g/mol. The Labute approximate surface area is 236 Å². The van der Waals surface area contributed by atoms with Gasteiger partial charge in [-0.15, -0.1) is 0 Å². The summed E-state index contributed by atoms with van der Waals surface area (Å²) in [7, 11) is 2.24. The van der Waals surface area contributed by atoms with Gasteiger partial charge in [-0.1, -0.05) is 39.5 Å². The third kappa shape index (κ3) is 5.02. The summed E-state index contributed by atoms with van der Waals surface area (Å²) in [6, 6.07) is 4.10. The lowest BCUT2D eigenvalue weighted by Crippen LogP contribution is -2.69. The maximum Gasteiger partial charge on any atom is 0.243 e. The van der Waals surface area contributed by atoms with Crippen LogP contribution in [0.1, 0.15) is 75.6 Å². The summed E-state index contributed by atoms with van der Waals surface area (Å²) in [4.78, 5) is 46.8. The van der Waals surface area contributed by atoms with E-state index in [1.807, 2.05) is 12.3 Å². The van der Waals surface area contributed by atoms with Crippen molar-refractivity contribution in [3.05, 3.63) is 30.1 Å². The third-order valence-corrected chi connectivity index (χ3v) is 9.51. The average molecular weight is 547 g/mol. The fourth-order valence-corrected chi connectivity index (χ4v) is 7.28. The number of hydrogen-bond acceptors (Lipinski definition) is 9. The SMILES string of the molecule is CCCC(C)CC1CN(c2ccc(Nc3ncc4c(n3)N3C(CC4=O)C(=O)NCC34CCCC4)nc2)CCN1C. The minimum atomic E-state index is -0.510. The van der Waals surface area contributed by atoms with E-state index in [0.29, 0.717) is 35.7 Å². The first kappa shape index (κ1) is 26.9. The largest absolute Gasteiger partial charge is 0.367 e. The second-order valence-electron chi connectivity index (χ2n) is 12.3. The minimum absolute atomic E-state index is 0.0787. The first-order chi connectivity index (χ1) is 19.4. The standard InChI is InChI=1S/C30H42N8O2/c1-4-7-20(2)14-22-18-37(13-12-36(22)3)21-8-9-26(31-16-21)34-29-32-17-23-25(39)15-24-28(40)33-19-30(10-5-6-11-30)38(24)27(23)35-29/h8-9,16-17,20,22,24H,4-7,10-15,18-19H2,1-3H3,(H,33,40)(H,31,32,34,35). The Hall–Kier alpha value is -3.27. The molecule has 40 heavy (non-hydrogen) atoms. The number of carbonyl (C=O) groups is 2. The van der Waals surface area contributed by atoms with Crippen LogP contribution in [0.2, 0.25) is 0 Å². The van der Waals surface area contributed by atoms with E-state index in [4.69, 9.17) is 4.98 Å². The molecule has 1 amide bonds. The van der Waals surface area contributed by atoms with Crippen LogP contribution in [-0.4, -0.2) is 82.4 Å². The van der Waals surface area contributed by atoms with Gasteiger partial charge in [0.2, 0.25) is 11.9 Å². The number of amides is 1. The number of pyridine rings is 1. The summed E-state index contributed by atoms with van der Waals surface area (Å²) >= 11 is 0. The number of hydrogen-bond donors (Lipinski definition) is 2. The van der Waals surface area contributed by atoms with E-state index in [1.54, 1.807) is 6.20 Å². The third-order valence-electron chi connectivity index (χ3n) is 9.51. The van der Waals surface area contributed by atoms with Gasteiger partial charge in [-0.25, -0.2) is 9.97 Å². The lowest BCUT2D eigenvalue weighted by Gasteiger charge is -2.51. The van der Waals surface area contributed by atoms with Crippen molar-refractivity contribution in [3.63, 3.8) is 0 Å². The number of fused-ring (bicyclic) bond motifs is 4. The molecule has 10 nitrogen and oxygen atoms in total. The highest BCUT2D eigenvalue weighted by Crippen LogP contribution is 2.44. The number of carbonyl (C=O) groups excluding carboxylic acids is 2. The van der Waals surface area contributed by atoms with Crippen LogP contribution in [0.5, 0.6) is 0 Å². The van der Waals surface area contributed by atoms with Crippen LogP contribution in [0, 0.1) is 5.92 Å². The molecule has 0 aromatic carbocycles. The fourth-order valence-electron chi connectivity index (χ4n) is 7.28. The quantitative estimate of drug-likeness (QED) is 0.537. The Morgan fingerprint density at radius 3 is 2.73 bits per heavy atom. The summed E-state index contributed by atoms with van der Waals surface area (Å²) in [5, 5.41) is 6.31. The van der Waals surface area contributed by atoms with Gasteiger partial charge in [-0.05, 0) is 44.4 Å². The zero-order valence-corrected chi connectivity index (χ0v) is 24.0. The summed E-state index contributed by atoms with van der Waals surface area (Å²) in [6.45, 7) is 8.26. The van der Waals surface area contributed by atoms with Gasteiger partial charge in [0.1, 0.15) is 17.7 Å². The van der Waals surface area contributed by atoms with Gasteiger partial charge in [-0.2, -0.15) is 4.98 Å². The normalized spacial score (nSPS) is 25.0. The second kappa shape index (κ2) is 11.0. The minimum Gasteiger partial charge on any atom is -0.367 e. The monoisotopic (exact) mass is 546 g/mol. The van der Waals surface area contributed by atoms with E-state index in [1.165, 1.54) is 19.3 Å². The van der Waals surface area contributed by atoms with Gasteiger partial charge in [0, 0.05) is 44.8 Å².